The van der Waals surface area contributed by atoms with Crippen LogP contribution in [0.3, 0.4) is 0 Å². The maximum Gasteiger partial charge on any atom is 0.129 e. The SMILES string of the molecule is OC(CSC1CCCC1)c1cc(Br)ccc1F. The molecule has 2 rings (SSSR count). The van der Waals surface area contributed by atoms with Gasteiger partial charge in [0.1, 0.15) is 5.82 Å². The first-order valence-electron chi connectivity index (χ1n) is 5.91. The molecule has 0 spiro atoms. The van der Waals surface area contributed by atoms with Gasteiger partial charge in [-0.15, -0.1) is 0 Å². The largest absolute Gasteiger partial charge is 0.387 e. The highest BCUT2D eigenvalue weighted by Gasteiger charge is 2.19. The van der Waals surface area contributed by atoms with E-state index in [1.54, 1.807) is 23.9 Å². The lowest BCUT2D eigenvalue weighted by Crippen LogP contribution is -2.07. The third-order valence-electron chi connectivity index (χ3n) is 3.11. The number of thioether (sulfide) groups is 1. The highest BCUT2D eigenvalue weighted by molar-refractivity contribution is 9.10. The number of hydrogen-bond donors (Lipinski definition) is 1. The van der Waals surface area contributed by atoms with Crippen LogP contribution in [0.1, 0.15) is 37.4 Å². The molecule has 0 heterocycles. The Morgan fingerprint density at radius 3 is 2.82 bits per heavy atom. The van der Waals surface area contributed by atoms with Crippen molar-refractivity contribution in [2.75, 3.05) is 5.75 Å². The maximum atomic E-state index is 13.5. The van der Waals surface area contributed by atoms with Gasteiger partial charge in [0, 0.05) is 21.0 Å². The summed E-state index contributed by atoms with van der Waals surface area (Å²) in [6, 6.07) is 4.70. The second-order valence-corrected chi connectivity index (χ2v) is 6.67. The zero-order valence-corrected chi connectivity index (χ0v) is 11.9. The van der Waals surface area contributed by atoms with E-state index in [0.717, 1.165) is 4.47 Å². The summed E-state index contributed by atoms with van der Waals surface area (Å²) < 4.78 is 14.3. The lowest BCUT2D eigenvalue weighted by molar-refractivity contribution is 0.198. The Labute approximate surface area is 114 Å². The lowest BCUT2D eigenvalue weighted by atomic mass is 10.1. The molecule has 1 fully saturated rings. The highest BCUT2D eigenvalue weighted by Crippen LogP contribution is 2.33. The van der Waals surface area contributed by atoms with Gasteiger partial charge in [0.2, 0.25) is 0 Å². The second kappa shape index (κ2) is 6.21. The van der Waals surface area contributed by atoms with Gasteiger partial charge in [-0.05, 0) is 31.0 Å². The molecule has 0 aliphatic heterocycles. The van der Waals surface area contributed by atoms with Gasteiger partial charge in [-0.2, -0.15) is 11.8 Å². The van der Waals surface area contributed by atoms with Gasteiger partial charge in [0.05, 0.1) is 6.10 Å². The van der Waals surface area contributed by atoms with Gasteiger partial charge >= 0.3 is 0 Å². The van der Waals surface area contributed by atoms with E-state index in [9.17, 15) is 9.50 Å². The summed E-state index contributed by atoms with van der Waals surface area (Å²) in [5.41, 5.74) is 0.393. The van der Waals surface area contributed by atoms with E-state index in [0.29, 0.717) is 16.6 Å². The fourth-order valence-corrected chi connectivity index (χ4v) is 3.82. The minimum absolute atomic E-state index is 0.326. The summed E-state index contributed by atoms with van der Waals surface area (Å²) in [6.07, 6.45) is 4.34. The number of halogens is 2. The summed E-state index contributed by atoms with van der Waals surface area (Å²) >= 11 is 5.07. The molecule has 0 bridgehead atoms. The van der Waals surface area contributed by atoms with E-state index in [1.165, 1.54) is 31.7 Å². The van der Waals surface area contributed by atoms with E-state index in [-0.39, 0.29) is 5.82 Å². The minimum atomic E-state index is -0.710. The summed E-state index contributed by atoms with van der Waals surface area (Å²) in [5.74, 6) is 0.255. The molecule has 4 heteroatoms. The summed E-state index contributed by atoms with van der Waals surface area (Å²) in [5, 5.41) is 10.7. The summed E-state index contributed by atoms with van der Waals surface area (Å²) in [6.45, 7) is 0. The Morgan fingerprint density at radius 1 is 1.41 bits per heavy atom. The number of hydrogen-bond acceptors (Lipinski definition) is 2. The third-order valence-corrected chi connectivity index (χ3v) is 5.05. The molecular formula is C13H16BrFOS. The molecule has 94 valence electrons. The van der Waals surface area contributed by atoms with Gasteiger partial charge in [-0.25, -0.2) is 4.39 Å². The quantitative estimate of drug-likeness (QED) is 0.893. The van der Waals surface area contributed by atoms with Crippen molar-refractivity contribution >= 4 is 27.7 Å². The molecule has 1 nitrogen and oxygen atoms in total. The Hall–Kier alpha value is -0.0600. The van der Waals surface area contributed by atoms with E-state index in [4.69, 9.17) is 0 Å². The first-order chi connectivity index (χ1) is 8.16. The second-order valence-electron chi connectivity index (χ2n) is 4.42. The smallest absolute Gasteiger partial charge is 0.129 e. The normalized spacial score (nSPS) is 18.5. The molecule has 1 aromatic carbocycles. The first kappa shape index (κ1) is 13.4. The Morgan fingerprint density at radius 2 is 2.12 bits per heavy atom. The molecule has 1 aliphatic rings. The summed E-state index contributed by atoms with van der Waals surface area (Å²) in [7, 11) is 0. The fourth-order valence-electron chi connectivity index (χ4n) is 2.14. The predicted octanol–water partition coefficient (Wildman–Crippen LogP) is 4.30. The van der Waals surface area contributed by atoms with Gasteiger partial charge in [0.25, 0.3) is 0 Å². The van der Waals surface area contributed by atoms with Gasteiger partial charge < -0.3 is 5.11 Å². The van der Waals surface area contributed by atoms with Crippen molar-refractivity contribution < 1.29 is 9.50 Å². The van der Waals surface area contributed by atoms with E-state index in [2.05, 4.69) is 15.9 Å². The maximum absolute atomic E-state index is 13.5. The molecule has 1 N–H and O–H groups in total. The molecule has 17 heavy (non-hydrogen) atoms. The topological polar surface area (TPSA) is 20.2 Å². The van der Waals surface area contributed by atoms with Crippen LogP contribution in [0.15, 0.2) is 22.7 Å². The van der Waals surface area contributed by atoms with Crippen molar-refractivity contribution in [3.8, 4) is 0 Å². The first-order valence-corrected chi connectivity index (χ1v) is 7.75. The summed E-state index contributed by atoms with van der Waals surface area (Å²) in [4.78, 5) is 0. The van der Waals surface area contributed by atoms with Crippen molar-refractivity contribution in [1.29, 1.82) is 0 Å². The van der Waals surface area contributed by atoms with Gasteiger partial charge in [-0.3, -0.25) is 0 Å². The monoisotopic (exact) mass is 318 g/mol. The van der Waals surface area contributed by atoms with Crippen molar-refractivity contribution in [3.05, 3.63) is 34.1 Å². The van der Waals surface area contributed by atoms with Gasteiger partial charge in [-0.1, -0.05) is 28.8 Å². The van der Waals surface area contributed by atoms with Crippen molar-refractivity contribution in [2.45, 2.75) is 37.0 Å². The van der Waals surface area contributed by atoms with Crippen LogP contribution < -0.4 is 0 Å². The van der Waals surface area contributed by atoms with Crippen molar-refractivity contribution in [3.63, 3.8) is 0 Å². The number of aliphatic hydroxyl groups excluding tert-OH is 1. The zero-order chi connectivity index (χ0) is 12.3. The van der Waals surface area contributed by atoms with Crippen LogP contribution in [0, 0.1) is 5.82 Å². The minimum Gasteiger partial charge on any atom is -0.387 e. The van der Waals surface area contributed by atoms with Crippen LogP contribution in [0.25, 0.3) is 0 Å². The van der Waals surface area contributed by atoms with Crippen LogP contribution in [-0.2, 0) is 0 Å². The Bertz CT molecular complexity index is 380. The van der Waals surface area contributed by atoms with Crippen LogP contribution in [-0.4, -0.2) is 16.1 Å². The van der Waals surface area contributed by atoms with Crippen molar-refractivity contribution in [1.82, 2.24) is 0 Å². The predicted molar refractivity (Wildman–Crippen MR) is 73.8 cm³/mol. The average molecular weight is 319 g/mol. The Kier molecular flexibility index (Phi) is 4.88. The van der Waals surface area contributed by atoms with Gasteiger partial charge in [0.15, 0.2) is 0 Å². The molecule has 0 amide bonds. The zero-order valence-electron chi connectivity index (χ0n) is 9.53. The van der Waals surface area contributed by atoms with E-state index >= 15 is 0 Å². The standard InChI is InChI=1S/C13H16BrFOS/c14-9-5-6-12(15)11(7-9)13(16)8-17-10-3-1-2-4-10/h5-7,10,13,16H,1-4,8H2. The van der Waals surface area contributed by atoms with E-state index in [1.807, 2.05) is 0 Å². The lowest BCUT2D eigenvalue weighted by Gasteiger charge is -2.15. The number of benzene rings is 1. The molecule has 1 atom stereocenters. The average Bonchev–Trinajstić information content (AvgIpc) is 2.82. The molecular weight excluding hydrogens is 303 g/mol. The molecule has 1 saturated carbocycles. The Balaban J connectivity index is 1.93. The molecule has 1 unspecified atom stereocenters. The number of aliphatic hydroxyl groups is 1. The fraction of sp³-hybridized carbons (Fsp3) is 0.538. The number of rotatable bonds is 4. The van der Waals surface area contributed by atoms with Crippen LogP contribution in [0.5, 0.6) is 0 Å². The molecule has 1 aromatic rings. The highest BCUT2D eigenvalue weighted by atomic mass is 79.9. The molecule has 1 aliphatic carbocycles. The molecule has 0 saturated heterocycles. The van der Waals surface area contributed by atoms with Crippen LogP contribution in [0.2, 0.25) is 0 Å². The third kappa shape index (κ3) is 3.70. The van der Waals surface area contributed by atoms with E-state index < -0.39 is 6.10 Å². The molecule has 0 aromatic heterocycles. The van der Waals surface area contributed by atoms with Crippen LogP contribution in [0.4, 0.5) is 4.39 Å². The molecule has 0 radical (unpaired) electrons. The van der Waals surface area contributed by atoms with Crippen LogP contribution >= 0.6 is 27.7 Å². The van der Waals surface area contributed by atoms with Crippen molar-refractivity contribution in [2.24, 2.45) is 0 Å².